The van der Waals surface area contributed by atoms with Crippen molar-refractivity contribution in [1.29, 1.82) is 0 Å². The van der Waals surface area contributed by atoms with Crippen LogP contribution < -0.4 is 14.8 Å². The molecule has 7 rings (SSSR count). The number of anilines is 1. The van der Waals surface area contributed by atoms with Crippen LogP contribution in [0.25, 0.3) is 0 Å². The standard InChI is InChI=1S/C27H22N2O4S/c1-32-17-12-10-16(11-13-17)23-21-14-34-15-29(21)27(18-6-2-4-8-20(18)28-24(27)30)26(23)19-7-3-5-9-22(19)33-25(26)31/h2-13,21,23H,14-15H2,1H3,(H,28,30)/t21-,23-,26-,27-/m1/s1. The van der Waals surface area contributed by atoms with E-state index in [0.29, 0.717) is 11.6 Å². The van der Waals surface area contributed by atoms with E-state index in [2.05, 4.69) is 10.2 Å². The molecule has 4 atom stereocenters. The Hall–Kier alpha value is -3.29. The Morgan fingerprint density at radius 3 is 2.53 bits per heavy atom. The fraction of sp³-hybridized carbons (Fsp3) is 0.259. The van der Waals surface area contributed by atoms with Gasteiger partial charge in [-0.1, -0.05) is 48.5 Å². The van der Waals surface area contributed by atoms with E-state index >= 15 is 0 Å². The third-order valence-electron chi connectivity index (χ3n) is 7.98. The highest BCUT2D eigenvalue weighted by molar-refractivity contribution is 7.99. The molecule has 0 radical (unpaired) electrons. The minimum Gasteiger partial charge on any atom is -0.497 e. The molecule has 0 unspecified atom stereocenters. The Morgan fingerprint density at radius 2 is 1.74 bits per heavy atom. The molecule has 6 nitrogen and oxygen atoms in total. The Bertz CT molecular complexity index is 1360. The SMILES string of the molecule is COc1ccc([C@@H]2[C@H]3CSCN3[C@]3(C(=O)Nc4ccccc43)[C@@]23C(=O)Oc2ccccc23)cc1. The van der Waals surface area contributed by atoms with Crippen molar-refractivity contribution in [2.75, 3.05) is 24.1 Å². The van der Waals surface area contributed by atoms with E-state index in [9.17, 15) is 9.59 Å². The molecule has 4 aliphatic heterocycles. The number of thioether (sulfide) groups is 1. The van der Waals surface area contributed by atoms with Crippen molar-refractivity contribution in [3.8, 4) is 11.5 Å². The topological polar surface area (TPSA) is 67.9 Å². The summed E-state index contributed by atoms with van der Waals surface area (Å²) in [6.45, 7) is 0. The zero-order chi connectivity index (χ0) is 23.1. The quantitative estimate of drug-likeness (QED) is 0.453. The zero-order valence-electron chi connectivity index (χ0n) is 18.5. The summed E-state index contributed by atoms with van der Waals surface area (Å²) in [7, 11) is 1.64. The van der Waals surface area contributed by atoms with Crippen molar-refractivity contribution in [2.45, 2.75) is 22.9 Å². The number of rotatable bonds is 2. The first kappa shape index (κ1) is 20.1. The largest absolute Gasteiger partial charge is 0.497 e. The van der Waals surface area contributed by atoms with E-state index in [1.807, 2.05) is 72.8 Å². The lowest BCUT2D eigenvalue weighted by Gasteiger charge is -2.42. The number of hydrogen-bond acceptors (Lipinski definition) is 6. The summed E-state index contributed by atoms with van der Waals surface area (Å²) in [4.78, 5) is 30.7. The lowest BCUT2D eigenvalue weighted by molar-refractivity contribution is -0.147. The fourth-order valence-corrected chi connectivity index (χ4v) is 8.13. The van der Waals surface area contributed by atoms with Crippen LogP contribution in [0.5, 0.6) is 11.5 Å². The van der Waals surface area contributed by atoms with Crippen LogP contribution in [-0.4, -0.2) is 41.6 Å². The zero-order valence-corrected chi connectivity index (χ0v) is 19.3. The second kappa shape index (κ2) is 6.87. The molecule has 1 N–H and O–H groups in total. The van der Waals surface area contributed by atoms with Crippen molar-refractivity contribution in [2.24, 2.45) is 0 Å². The van der Waals surface area contributed by atoms with Gasteiger partial charge in [0.25, 0.3) is 5.91 Å². The Balaban J connectivity index is 1.61. The number of amides is 1. The van der Waals surface area contributed by atoms with E-state index in [1.165, 1.54) is 0 Å². The monoisotopic (exact) mass is 470 g/mol. The van der Waals surface area contributed by atoms with Crippen LogP contribution in [0.4, 0.5) is 5.69 Å². The number of ether oxygens (including phenoxy) is 2. The molecule has 2 saturated heterocycles. The molecule has 0 aromatic heterocycles. The third-order valence-corrected chi connectivity index (χ3v) is 9.02. The summed E-state index contributed by atoms with van der Waals surface area (Å²) < 4.78 is 11.4. The highest BCUT2D eigenvalue weighted by Gasteiger charge is 2.81. The van der Waals surface area contributed by atoms with Gasteiger partial charge in [0.05, 0.1) is 7.11 Å². The van der Waals surface area contributed by atoms with Gasteiger partial charge in [0, 0.05) is 40.4 Å². The van der Waals surface area contributed by atoms with Gasteiger partial charge in [-0.25, -0.2) is 0 Å². The van der Waals surface area contributed by atoms with Crippen molar-refractivity contribution >= 4 is 29.3 Å². The highest BCUT2D eigenvalue weighted by atomic mass is 32.2. The van der Waals surface area contributed by atoms with Crippen LogP contribution in [0, 0.1) is 0 Å². The third kappa shape index (κ3) is 2.13. The maximum Gasteiger partial charge on any atom is 0.325 e. The van der Waals surface area contributed by atoms with Gasteiger partial charge >= 0.3 is 5.97 Å². The molecule has 2 spiro atoms. The van der Waals surface area contributed by atoms with Crippen LogP contribution in [0.3, 0.4) is 0 Å². The van der Waals surface area contributed by atoms with Crippen molar-refractivity contribution < 1.29 is 19.1 Å². The number of fused-ring (bicyclic) bond motifs is 7. The number of benzene rings is 3. The highest BCUT2D eigenvalue weighted by Crippen LogP contribution is 2.70. The van der Waals surface area contributed by atoms with Crippen LogP contribution in [-0.2, 0) is 20.5 Å². The number of hydrogen-bond donors (Lipinski definition) is 1. The molecule has 4 heterocycles. The average molecular weight is 471 g/mol. The van der Waals surface area contributed by atoms with E-state index in [-0.39, 0.29) is 23.8 Å². The van der Waals surface area contributed by atoms with Gasteiger partial charge < -0.3 is 14.8 Å². The fourth-order valence-electron chi connectivity index (χ4n) is 6.83. The predicted octanol–water partition coefficient (Wildman–Crippen LogP) is 3.87. The van der Waals surface area contributed by atoms with Crippen LogP contribution in [0.2, 0.25) is 0 Å². The van der Waals surface area contributed by atoms with Gasteiger partial charge in [-0.15, -0.1) is 11.8 Å². The smallest absolute Gasteiger partial charge is 0.325 e. The average Bonchev–Trinajstić information content (AvgIpc) is 3.58. The number of esters is 1. The molecule has 1 amide bonds. The molecular formula is C27H22N2O4S. The summed E-state index contributed by atoms with van der Waals surface area (Å²) in [5.74, 6) is 1.98. The molecule has 2 fully saturated rings. The second-order valence-electron chi connectivity index (χ2n) is 9.19. The summed E-state index contributed by atoms with van der Waals surface area (Å²) in [6, 6.07) is 23.2. The van der Waals surface area contributed by atoms with Gasteiger partial charge in [0.1, 0.15) is 16.9 Å². The van der Waals surface area contributed by atoms with Crippen LogP contribution >= 0.6 is 11.8 Å². The molecule has 0 bridgehead atoms. The number of nitrogens with one attached hydrogen (secondary N) is 1. The first-order valence-corrected chi connectivity index (χ1v) is 12.5. The molecular weight excluding hydrogens is 448 g/mol. The van der Waals surface area contributed by atoms with Crippen LogP contribution in [0.15, 0.2) is 72.8 Å². The summed E-state index contributed by atoms with van der Waals surface area (Å²) >= 11 is 1.80. The Labute approximate surface area is 201 Å². The van der Waals surface area contributed by atoms with Crippen molar-refractivity contribution in [1.82, 2.24) is 4.90 Å². The minimum absolute atomic E-state index is 0.0194. The maximum atomic E-state index is 14.2. The molecule has 7 heteroatoms. The lowest BCUT2D eigenvalue weighted by Crippen LogP contribution is -2.61. The van der Waals surface area contributed by atoms with E-state index < -0.39 is 11.0 Å². The summed E-state index contributed by atoms with van der Waals surface area (Å²) in [5.41, 5.74) is 0.965. The molecule has 4 aliphatic rings. The van der Waals surface area contributed by atoms with E-state index in [4.69, 9.17) is 9.47 Å². The van der Waals surface area contributed by atoms with Gasteiger partial charge in [-0.3, -0.25) is 14.5 Å². The van der Waals surface area contributed by atoms with Gasteiger partial charge in [-0.05, 0) is 29.8 Å². The molecule has 3 aromatic carbocycles. The van der Waals surface area contributed by atoms with E-state index in [1.54, 1.807) is 18.9 Å². The summed E-state index contributed by atoms with van der Waals surface area (Å²) in [5, 5.41) is 3.12. The first-order chi connectivity index (χ1) is 16.6. The van der Waals surface area contributed by atoms with Crippen LogP contribution in [0.1, 0.15) is 22.6 Å². The molecule has 3 aromatic rings. The Morgan fingerprint density at radius 1 is 1.00 bits per heavy atom. The number of carbonyl (C=O) groups excluding carboxylic acids is 2. The van der Waals surface area contributed by atoms with Crippen molar-refractivity contribution in [3.05, 3.63) is 89.5 Å². The predicted molar refractivity (Wildman–Crippen MR) is 129 cm³/mol. The number of carbonyl (C=O) groups is 2. The maximum absolute atomic E-state index is 14.2. The molecule has 0 aliphatic carbocycles. The van der Waals surface area contributed by atoms with E-state index in [0.717, 1.165) is 33.9 Å². The first-order valence-electron chi connectivity index (χ1n) is 11.3. The molecule has 170 valence electrons. The normalized spacial score (nSPS) is 30.9. The summed E-state index contributed by atoms with van der Waals surface area (Å²) in [6.07, 6.45) is 0. The number of methoxy groups -OCH3 is 1. The van der Waals surface area contributed by atoms with Gasteiger partial charge in [0.15, 0.2) is 5.54 Å². The number of nitrogens with zero attached hydrogens (tertiary/aromatic N) is 1. The molecule has 0 saturated carbocycles. The molecule has 34 heavy (non-hydrogen) atoms. The Kier molecular flexibility index (Phi) is 4.06. The number of para-hydroxylation sites is 2. The van der Waals surface area contributed by atoms with Gasteiger partial charge in [0.2, 0.25) is 0 Å². The van der Waals surface area contributed by atoms with Crippen molar-refractivity contribution in [3.63, 3.8) is 0 Å². The lowest BCUT2D eigenvalue weighted by atomic mass is 9.57. The van der Waals surface area contributed by atoms with Gasteiger partial charge in [-0.2, -0.15) is 0 Å². The minimum atomic E-state index is -1.22. The second-order valence-corrected chi connectivity index (χ2v) is 10.2.